The molecule has 1 amide bonds. The van der Waals surface area contributed by atoms with Crippen LogP contribution in [0.5, 0.6) is 5.75 Å². The number of Topliss-reactive ketones (excluding diaryl/α,β-unsaturated/α-hetero) is 1. The number of nitrogens with zero attached hydrogens (tertiary/aromatic N) is 2. The highest BCUT2D eigenvalue weighted by Crippen LogP contribution is 2.14. The molecular formula is C19H25N3O3. The fourth-order valence-corrected chi connectivity index (χ4v) is 2.44. The van der Waals surface area contributed by atoms with E-state index in [1.165, 1.54) is 0 Å². The molecule has 1 aromatic heterocycles. The number of benzene rings is 1. The van der Waals surface area contributed by atoms with Gasteiger partial charge in [-0.05, 0) is 43.2 Å². The second-order valence-electron chi connectivity index (χ2n) is 6.02. The monoisotopic (exact) mass is 343 g/mol. The van der Waals surface area contributed by atoms with Crippen LogP contribution in [0.15, 0.2) is 42.7 Å². The second-order valence-corrected chi connectivity index (χ2v) is 6.02. The summed E-state index contributed by atoms with van der Waals surface area (Å²) in [6.45, 7) is 5.86. The predicted molar refractivity (Wildman–Crippen MR) is 95.6 cm³/mol. The zero-order chi connectivity index (χ0) is 18.1. The van der Waals surface area contributed by atoms with E-state index in [0.717, 1.165) is 12.3 Å². The van der Waals surface area contributed by atoms with E-state index in [2.05, 4.69) is 10.4 Å². The van der Waals surface area contributed by atoms with Crippen LogP contribution in [0.2, 0.25) is 0 Å². The van der Waals surface area contributed by atoms with Crippen molar-refractivity contribution in [2.24, 2.45) is 5.92 Å². The molecule has 1 N–H and O–H groups in total. The first-order valence-corrected chi connectivity index (χ1v) is 8.58. The topological polar surface area (TPSA) is 73.2 Å². The van der Waals surface area contributed by atoms with Gasteiger partial charge >= 0.3 is 0 Å². The number of rotatable bonds is 10. The molecule has 0 fully saturated rings. The van der Waals surface area contributed by atoms with E-state index in [1.54, 1.807) is 30.5 Å². The van der Waals surface area contributed by atoms with Crippen molar-refractivity contribution in [3.05, 3.63) is 48.3 Å². The molecular weight excluding hydrogens is 318 g/mol. The summed E-state index contributed by atoms with van der Waals surface area (Å²) < 4.78 is 7.19. The van der Waals surface area contributed by atoms with Crippen molar-refractivity contribution in [3.63, 3.8) is 0 Å². The van der Waals surface area contributed by atoms with Gasteiger partial charge in [0.05, 0.1) is 6.61 Å². The van der Waals surface area contributed by atoms with E-state index < -0.39 is 0 Å². The average molecular weight is 343 g/mol. The number of aromatic nitrogens is 2. The highest BCUT2D eigenvalue weighted by atomic mass is 16.5. The standard InChI is InChI=1S/C19H25N3O3/c1-3-25-17-7-5-16(6-8-17)18(23)9-10-19(24)20-13-15(2)14-22-12-4-11-21-22/h4-8,11-12,15H,3,9-10,13-14H2,1-2H3,(H,20,24)/t15-/m0/s1. The molecule has 0 radical (unpaired) electrons. The fraction of sp³-hybridized carbons (Fsp3) is 0.421. The Morgan fingerprint density at radius 1 is 1.24 bits per heavy atom. The van der Waals surface area contributed by atoms with Crippen molar-refractivity contribution < 1.29 is 14.3 Å². The Kier molecular flexibility index (Phi) is 7.19. The maximum absolute atomic E-state index is 12.1. The number of carbonyl (C=O) groups is 2. The summed E-state index contributed by atoms with van der Waals surface area (Å²) >= 11 is 0. The Labute approximate surface area is 148 Å². The summed E-state index contributed by atoms with van der Waals surface area (Å²) in [4.78, 5) is 24.1. The highest BCUT2D eigenvalue weighted by Gasteiger charge is 2.11. The molecule has 0 spiro atoms. The van der Waals surface area contributed by atoms with Gasteiger partial charge in [-0.15, -0.1) is 0 Å². The summed E-state index contributed by atoms with van der Waals surface area (Å²) in [7, 11) is 0. The van der Waals surface area contributed by atoms with Crippen LogP contribution in [0.4, 0.5) is 0 Å². The largest absolute Gasteiger partial charge is 0.494 e. The van der Waals surface area contributed by atoms with Gasteiger partial charge in [-0.25, -0.2) is 0 Å². The number of ketones is 1. The van der Waals surface area contributed by atoms with Crippen LogP contribution in [0.1, 0.15) is 37.0 Å². The van der Waals surface area contributed by atoms with Gasteiger partial charge in [0.1, 0.15) is 5.75 Å². The maximum Gasteiger partial charge on any atom is 0.220 e. The third-order valence-corrected chi connectivity index (χ3v) is 3.77. The molecule has 2 aromatic rings. The SMILES string of the molecule is CCOc1ccc(C(=O)CCC(=O)NC[C@H](C)Cn2cccn2)cc1. The lowest BCUT2D eigenvalue weighted by Gasteiger charge is -2.12. The molecule has 1 aromatic carbocycles. The Hall–Kier alpha value is -2.63. The van der Waals surface area contributed by atoms with Crippen molar-refractivity contribution >= 4 is 11.7 Å². The first-order chi connectivity index (χ1) is 12.1. The molecule has 0 bridgehead atoms. The third kappa shape index (κ3) is 6.41. The van der Waals surface area contributed by atoms with Crippen LogP contribution in [-0.4, -0.2) is 34.6 Å². The average Bonchev–Trinajstić information content (AvgIpc) is 3.11. The molecule has 0 aliphatic carbocycles. The summed E-state index contributed by atoms with van der Waals surface area (Å²) in [5.41, 5.74) is 0.600. The number of ether oxygens (including phenoxy) is 1. The van der Waals surface area contributed by atoms with Gasteiger partial charge in [-0.2, -0.15) is 5.10 Å². The Bertz CT molecular complexity index is 666. The minimum Gasteiger partial charge on any atom is -0.494 e. The number of hydrogen-bond acceptors (Lipinski definition) is 4. The predicted octanol–water partition coefficient (Wildman–Crippen LogP) is 2.70. The van der Waals surface area contributed by atoms with Crippen molar-refractivity contribution in [3.8, 4) is 5.75 Å². The van der Waals surface area contributed by atoms with Crippen LogP contribution in [0.25, 0.3) is 0 Å². The first-order valence-electron chi connectivity index (χ1n) is 8.58. The highest BCUT2D eigenvalue weighted by molar-refractivity contribution is 5.98. The van der Waals surface area contributed by atoms with Crippen molar-refractivity contribution in [2.75, 3.05) is 13.2 Å². The molecule has 6 heteroatoms. The molecule has 0 aliphatic heterocycles. The lowest BCUT2D eigenvalue weighted by molar-refractivity contribution is -0.121. The van der Waals surface area contributed by atoms with E-state index in [4.69, 9.17) is 4.74 Å². The van der Waals surface area contributed by atoms with Gasteiger partial charge < -0.3 is 10.1 Å². The quantitative estimate of drug-likeness (QED) is 0.673. The molecule has 25 heavy (non-hydrogen) atoms. The number of carbonyl (C=O) groups excluding carboxylic acids is 2. The fourth-order valence-electron chi connectivity index (χ4n) is 2.44. The molecule has 134 valence electrons. The van der Waals surface area contributed by atoms with Gasteiger partial charge in [0.25, 0.3) is 0 Å². The Morgan fingerprint density at radius 2 is 2.00 bits per heavy atom. The summed E-state index contributed by atoms with van der Waals surface area (Å²) in [5.74, 6) is 0.864. The van der Waals surface area contributed by atoms with E-state index in [1.807, 2.05) is 30.8 Å². The van der Waals surface area contributed by atoms with Gasteiger partial charge in [0.15, 0.2) is 5.78 Å². The molecule has 0 saturated heterocycles. The zero-order valence-electron chi connectivity index (χ0n) is 14.8. The molecule has 1 atom stereocenters. The van der Waals surface area contributed by atoms with Crippen LogP contribution < -0.4 is 10.1 Å². The molecule has 1 heterocycles. The van der Waals surface area contributed by atoms with E-state index in [0.29, 0.717) is 18.7 Å². The summed E-state index contributed by atoms with van der Waals surface area (Å²) in [5, 5.41) is 7.02. The lowest BCUT2D eigenvalue weighted by atomic mass is 10.1. The van der Waals surface area contributed by atoms with Crippen molar-refractivity contribution in [1.82, 2.24) is 15.1 Å². The minimum atomic E-state index is -0.105. The zero-order valence-corrected chi connectivity index (χ0v) is 14.8. The summed E-state index contributed by atoms with van der Waals surface area (Å²) in [6, 6.07) is 8.88. The maximum atomic E-state index is 12.1. The molecule has 2 rings (SSSR count). The van der Waals surface area contributed by atoms with Crippen molar-refractivity contribution in [2.45, 2.75) is 33.2 Å². The first kappa shape index (κ1) is 18.7. The molecule has 0 saturated carbocycles. The Balaban J connectivity index is 1.69. The van der Waals surface area contributed by atoms with E-state index in [-0.39, 0.29) is 30.4 Å². The van der Waals surface area contributed by atoms with Crippen LogP contribution in [0.3, 0.4) is 0 Å². The van der Waals surface area contributed by atoms with E-state index >= 15 is 0 Å². The normalized spacial score (nSPS) is 11.8. The number of hydrogen-bond donors (Lipinski definition) is 1. The smallest absolute Gasteiger partial charge is 0.220 e. The number of amides is 1. The van der Waals surface area contributed by atoms with Crippen LogP contribution in [0, 0.1) is 5.92 Å². The van der Waals surface area contributed by atoms with E-state index in [9.17, 15) is 9.59 Å². The molecule has 0 aliphatic rings. The van der Waals surface area contributed by atoms with Gasteiger partial charge in [0, 0.05) is 43.9 Å². The van der Waals surface area contributed by atoms with Gasteiger partial charge in [-0.3, -0.25) is 14.3 Å². The van der Waals surface area contributed by atoms with Gasteiger partial charge in [0.2, 0.25) is 5.91 Å². The Morgan fingerprint density at radius 3 is 2.64 bits per heavy atom. The number of nitrogens with one attached hydrogen (secondary N) is 1. The molecule has 0 unspecified atom stereocenters. The van der Waals surface area contributed by atoms with Crippen LogP contribution in [-0.2, 0) is 11.3 Å². The second kappa shape index (κ2) is 9.61. The third-order valence-electron chi connectivity index (χ3n) is 3.77. The van der Waals surface area contributed by atoms with Crippen molar-refractivity contribution in [1.29, 1.82) is 0 Å². The van der Waals surface area contributed by atoms with Crippen LogP contribution >= 0.6 is 0 Å². The minimum absolute atomic E-state index is 0.0391. The molecule has 6 nitrogen and oxygen atoms in total. The summed E-state index contributed by atoms with van der Waals surface area (Å²) in [6.07, 6.45) is 4.03. The lowest BCUT2D eigenvalue weighted by Crippen LogP contribution is -2.30. The van der Waals surface area contributed by atoms with Gasteiger partial charge in [-0.1, -0.05) is 6.92 Å².